The molecule has 0 spiro atoms. The summed E-state index contributed by atoms with van der Waals surface area (Å²) in [5.41, 5.74) is 0.608. The Hall–Kier alpha value is -3.61. The molecule has 4 rings (SSSR count). The van der Waals surface area contributed by atoms with Gasteiger partial charge in [-0.2, -0.15) is 9.97 Å². The number of para-hydroxylation sites is 2. The number of sulfonamides is 1. The number of nitrogens with one attached hydrogen (secondary N) is 1. The largest absolute Gasteiger partial charge is 0.493 e. The lowest BCUT2D eigenvalue weighted by Gasteiger charge is -2.28. The second-order valence-corrected chi connectivity index (χ2v) is 9.50. The minimum absolute atomic E-state index is 0.0242. The van der Waals surface area contributed by atoms with Gasteiger partial charge < -0.3 is 29.0 Å². The van der Waals surface area contributed by atoms with Crippen LogP contribution in [0, 0.1) is 0 Å². The fourth-order valence-corrected chi connectivity index (χ4v) is 4.65. The van der Waals surface area contributed by atoms with E-state index in [1.165, 1.54) is 7.11 Å². The highest BCUT2D eigenvalue weighted by molar-refractivity contribution is 7.91. The van der Waals surface area contributed by atoms with Crippen LogP contribution in [0.1, 0.15) is 5.56 Å². The molecule has 3 aromatic rings. The van der Waals surface area contributed by atoms with Crippen LogP contribution in [-0.4, -0.2) is 70.1 Å². The number of aliphatic hydroxyl groups is 1. The lowest BCUT2D eigenvalue weighted by Crippen LogP contribution is -2.37. The van der Waals surface area contributed by atoms with Crippen molar-refractivity contribution in [2.45, 2.75) is 5.75 Å². The van der Waals surface area contributed by atoms with Crippen molar-refractivity contribution in [2.75, 3.05) is 56.2 Å². The van der Waals surface area contributed by atoms with E-state index in [1.54, 1.807) is 48.5 Å². The number of benzene rings is 2. The summed E-state index contributed by atoms with van der Waals surface area (Å²) in [5.74, 6) is 0.523. The van der Waals surface area contributed by atoms with E-state index in [1.807, 2.05) is 11.0 Å². The van der Waals surface area contributed by atoms with Crippen LogP contribution in [-0.2, 0) is 20.5 Å². The maximum absolute atomic E-state index is 13.1. The second-order valence-electron chi connectivity index (χ2n) is 7.78. The normalized spacial score (nSPS) is 13.8. The van der Waals surface area contributed by atoms with E-state index in [0.717, 1.165) is 0 Å². The maximum atomic E-state index is 13.1. The minimum Gasteiger partial charge on any atom is -0.493 e. The van der Waals surface area contributed by atoms with E-state index in [0.29, 0.717) is 43.4 Å². The molecule has 36 heavy (non-hydrogen) atoms. The quantitative estimate of drug-likeness (QED) is 0.392. The van der Waals surface area contributed by atoms with Gasteiger partial charge in [0.15, 0.2) is 17.3 Å². The average Bonchev–Trinajstić information content (AvgIpc) is 2.89. The third-order valence-corrected chi connectivity index (χ3v) is 6.40. The molecule has 1 saturated heterocycles. The van der Waals surface area contributed by atoms with Crippen molar-refractivity contribution in [3.05, 3.63) is 60.2 Å². The molecule has 0 saturated carbocycles. The van der Waals surface area contributed by atoms with Gasteiger partial charge in [0, 0.05) is 13.1 Å². The first-order valence-corrected chi connectivity index (χ1v) is 13.0. The molecule has 2 aromatic carbocycles. The maximum Gasteiger partial charge on any atom is 0.265 e. The summed E-state index contributed by atoms with van der Waals surface area (Å²) in [7, 11) is -2.41. The van der Waals surface area contributed by atoms with Gasteiger partial charge in [0.25, 0.3) is 5.88 Å². The number of rotatable bonds is 11. The number of morpholine rings is 1. The van der Waals surface area contributed by atoms with Crippen LogP contribution in [0.3, 0.4) is 0 Å². The molecule has 0 radical (unpaired) electrons. The van der Waals surface area contributed by atoms with E-state index in [9.17, 15) is 13.5 Å². The highest BCUT2D eigenvalue weighted by Crippen LogP contribution is 2.41. The van der Waals surface area contributed by atoms with Crippen molar-refractivity contribution >= 4 is 21.8 Å². The molecule has 11 nitrogen and oxygen atoms in total. The van der Waals surface area contributed by atoms with Gasteiger partial charge in [0.2, 0.25) is 21.7 Å². The zero-order valence-corrected chi connectivity index (χ0v) is 20.6. The minimum atomic E-state index is -3.90. The van der Waals surface area contributed by atoms with Crippen LogP contribution in [0.4, 0.5) is 11.8 Å². The van der Waals surface area contributed by atoms with Crippen LogP contribution in [0.5, 0.6) is 23.1 Å². The molecular weight excluding hydrogens is 488 g/mol. The third-order valence-electron chi connectivity index (χ3n) is 5.18. The summed E-state index contributed by atoms with van der Waals surface area (Å²) in [4.78, 5) is 10.8. The predicted molar refractivity (Wildman–Crippen MR) is 133 cm³/mol. The van der Waals surface area contributed by atoms with Gasteiger partial charge in [0.05, 0.1) is 32.7 Å². The number of aromatic nitrogens is 2. The molecule has 0 bridgehead atoms. The van der Waals surface area contributed by atoms with Crippen molar-refractivity contribution < 1.29 is 32.5 Å². The second kappa shape index (κ2) is 11.9. The Kier molecular flexibility index (Phi) is 8.41. The predicted octanol–water partition coefficient (Wildman–Crippen LogP) is 2.43. The highest BCUT2D eigenvalue weighted by Gasteiger charge is 2.26. The van der Waals surface area contributed by atoms with Gasteiger partial charge in [0.1, 0.15) is 6.61 Å². The fraction of sp³-hybridized carbons (Fsp3) is 0.333. The van der Waals surface area contributed by atoms with Gasteiger partial charge in [-0.1, -0.05) is 42.5 Å². The fourth-order valence-electron chi connectivity index (χ4n) is 3.51. The van der Waals surface area contributed by atoms with Crippen molar-refractivity contribution in [3.8, 4) is 23.1 Å². The van der Waals surface area contributed by atoms with Gasteiger partial charge in [-0.3, -0.25) is 4.72 Å². The molecule has 0 atom stereocenters. The van der Waals surface area contributed by atoms with Gasteiger partial charge in [-0.05, 0) is 17.7 Å². The number of anilines is 2. The Morgan fingerprint density at radius 3 is 2.42 bits per heavy atom. The zero-order valence-electron chi connectivity index (χ0n) is 19.8. The third kappa shape index (κ3) is 6.53. The van der Waals surface area contributed by atoms with E-state index in [2.05, 4.69) is 14.7 Å². The molecule has 192 valence electrons. The van der Waals surface area contributed by atoms with E-state index >= 15 is 0 Å². The standard InChI is InChI=1S/C24H28N4O7S/c1-32-19-9-5-6-10-20(19)35-21-22(27-36(30,31)17-18-7-3-2-4-8-18)25-24(26-23(21)34-16-13-29)28-11-14-33-15-12-28/h2-10,29H,11-17H2,1H3,(H,25,26,27). The van der Waals surface area contributed by atoms with Crippen molar-refractivity contribution in [2.24, 2.45) is 0 Å². The monoisotopic (exact) mass is 516 g/mol. The number of methoxy groups -OCH3 is 1. The average molecular weight is 517 g/mol. The van der Waals surface area contributed by atoms with E-state index in [4.69, 9.17) is 18.9 Å². The van der Waals surface area contributed by atoms with Gasteiger partial charge in [-0.25, -0.2) is 8.42 Å². The van der Waals surface area contributed by atoms with Crippen molar-refractivity contribution in [1.29, 1.82) is 0 Å². The van der Waals surface area contributed by atoms with Gasteiger partial charge >= 0.3 is 0 Å². The topological polar surface area (TPSA) is 132 Å². The molecule has 0 aliphatic carbocycles. The Balaban J connectivity index is 1.78. The van der Waals surface area contributed by atoms with E-state index in [-0.39, 0.29) is 42.4 Å². The highest BCUT2D eigenvalue weighted by atomic mass is 32.2. The van der Waals surface area contributed by atoms with Crippen LogP contribution in [0.2, 0.25) is 0 Å². The molecule has 1 aliphatic rings. The molecule has 1 fully saturated rings. The molecule has 2 N–H and O–H groups in total. The molecule has 0 amide bonds. The van der Waals surface area contributed by atoms with Crippen LogP contribution >= 0.6 is 0 Å². The molecule has 2 heterocycles. The number of nitrogens with zero attached hydrogens (tertiary/aromatic N) is 3. The summed E-state index contributed by atoms with van der Waals surface area (Å²) in [6, 6.07) is 15.7. The Morgan fingerprint density at radius 2 is 1.72 bits per heavy atom. The zero-order chi connectivity index (χ0) is 25.4. The number of hydrogen-bond donors (Lipinski definition) is 2. The number of aliphatic hydroxyl groups excluding tert-OH is 1. The first-order valence-electron chi connectivity index (χ1n) is 11.3. The summed E-state index contributed by atoms with van der Waals surface area (Å²) in [6.07, 6.45) is 0. The van der Waals surface area contributed by atoms with Crippen LogP contribution in [0.25, 0.3) is 0 Å². The lowest BCUT2D eigenvalue weighted by atomic mass is 10.2. The lowest BCUT2D eigenvalue weighted by molar-refractivity contribution is 0.122. The number of ether oxygens (including phenoxy) is 4. The Labute approximate surface area is 209 Å². The van der Waals surface area contributed by atoms with Crippen LogP contribution in [0.15, 0.2) is 54.6 Å². The number of hydrogen-bond acceptors (Lipinski definition) is 10. The van der Waals surface area contributed by atoms with Crippen molar-refractivity contribution in [3.63, 3.8) is 0 Å². The molecule has 12 heteroatoms. The summed E-state index contributed by atoms with van der Waals surface area (Å²) in [6.45, 7) is 1.62. The van der Waals surface area contributed by atoms with Gasteiger partial charge in [-0.15, -0.1) is 0 Å². The van der Waals surface area contributed by atoms with Crippen molar-refractivity contribution in [1.82, 2.24) is 9.97 Å². The Morgan fingerprint density at radius 1 is 1.03 bits per heavy atom. The molecular formula is C24H28N4O7S. The molecule has 0 unspecified atom stereocenters. The van der Waals surface area contributed by atoms with E-state index < -0.39 is 10.0 Å². The smallest absolute Gasteiger partial charge is 0.265 e. The first-order chi connectivity index (χ1) is 17.5. The first kappa shape index (κ1) is 25.5. The molecule has 1 aromatic heterocycles. The van der Waals surface area contributed by atoms with Crippen LogP contribution < -0.4 is 23.8 Å². The summed E-state index contributed by atoms with van der Waals surface area (Å²) < 4.78 is 51.4. The summed E-state index contributed by atoms with van der Waals surface area (Å²) >= 11 is 0. The SMILES string of the molecule is COc1ccccc1Oc1c(NS(=O)(=O)Cc2ccccc2)nc(N2CCOCC2)nc1OCCO. The molecule has 1 aliphatic heterocycles. The Bertz CT molecular complexity index is 1250. The summed E-state index contributed by atoms with van der Waals surface area (Å²) in [5, 5.41) is 9.36.